The van der Waals surface area contributed by atoms with Crippen molar-refractivity contribution in [3.05, 3.63) is 94.6 Å². The average molecular weight is 475 g/mol. The Labute approximate surface area is 200 Å². The Morgan fingerprint density at radius 3 is 2.03 bits per heavy atom. The van der Waals surface area contributed by atoms with Crippen molar-refractivity contribution in [2.24, 2.45) is 5.92 Å². The van der Waals surface area contributed by atoms with Gasteiger partial charge in [0, 0.05) is 0 Å². The first-order valence-electron chi connectivity index (χ1n) is 12.2. The summed E-state index contributed by atoms with van der Waals surface area (Å²) in [5.74, 6) is -2.04. The van der Waals surface area contributed by atoms with Crippen LogP contribution in [0, 0.1) is 17.6 Å². The smallest absolute Gasteiger partial charge is 0.316 e. The summed E-state index contributed by atoms with van der Waals surface area (Å²) in [5, 5.41) is 0. The molecule has 0 amide bonds. The van der Waals surface area contributed by atoms with E-state index in [-0.39, 0.29) is 18.9 Å². The van der Waals surface area contributed by atoms with Gasteiger partial charge in [-0.2, -0.15) is 8.78 Å². The average Bonchev–Trinajstić information content (AvgIpc) is 2.80. The lowest BCUT2D eigenvalue weighted by Gasteiger charge is -2.28. The minimum atomic E-state index is -4.04. The first kappa shape index (κ1) is 26.2. The molecule has 0 N–H and O–H groups in total. The van der Waals surface area contributed by atoms with Crippen LogP contribution in [0.1, 0.15) is 74.1 Å². The van der Waals surface area contributed by atoms with Gasteiger partial charge in [-0.05, 0) is 99.5 Å². The van der Waals surface area contributed by atoms with Crippen molar-refractivity contribution in [2.75, 3.05) is 6.61 Å². The Balaban J connectivity index is 1.59. The van der Waals surface area contributed by atoms with E-state index in [2.05, 4.69) is 16.9 Å². The lowest BCUT2D eigenvalue weighted by Crippen LogP contribution is -2.24. The zero-order chi connectivity index (χ0) is 24.6. The van der Waals surface area contributed by atoms with E-state index in [1.165, 1.54) is 0 Å². The maximum atomic E-state index is 14.7. The predicted molar refractivity (Wildman–Crippen MR) is 129 cm³/mol. The van der Waals surface area contributed by atoms with Crippen LogP contribution < -0.4 is 0 Å². The molecule has 1 saturated carbocycles. The number of hydrogen-bond donors (Lipinski definition) is 0. The van der Waals surface area contributed by atoms with Gasteiger partial charge in [-0.3, -0.25) is 0 Å². The minimum absolute atomic E-state index is 0.0185. The van der Waals surface area contributed by atoms with Crippen LogP contribution in [0.2, 0.25) is 0 Å². The second kappa shape index (κ2) is 12.3. The molecule has 2 aromatic carbocycles. The van der Waals surface area contributed by atoms with Gasteiger partial charge in [0.05, 0.1) is 6.61 Å². The molecular formula is C29H34F4O. The van der Waals surface area contributed by atoms with Crippen molar-refractivity contribution in [3.8, 4) is 0 Å². The van der Waals surface area contributed by atoms with E-state index >= 15 is 0 Å². The molecule has 0 radical (unpaired) electrons. The lowest BCUT2D eigenvalue weighted by atomic mass is 9.78. The number of aryl methyl sites for hydroxylation is 1. The van der Waals surface area contributed by atoms with Gasteiger partial charge in [0.2, 0.25) is 0 Å². The number of benzene rings is 2. The fraction of sp³-hybridized carbons (Fsp3) is 0.448. The Hall–Kier alpha value is -2.40. The van der Waals surface area contributed by atoms with Crippen LogP contribution in [0.15, 0.2) is 60.7 Å². The van der Waals surface area contributed by atoms with Crippen LogP contribution in [0.5, 0.6) is 0 Å². The zero-order valence-corrected chi connectivity index (χ0v) is 20.0. The molecule has 2 aromatic rings. The molecule has 0 aliphatic heterocycles. The summed E-state index contributed by atoms with van der Waals surface area (Å²) >= 11 is 0. The third-order valence-corrected chi connectivity index (χ3v) is 6.60. The van der Waals surface area contributed by atoms with Gasteiger partial charge in [0.25, 0.3) is 0 Å². The second-order valence-corrected chi connectivity index (χ2v) is 9.04. The van der Waals surface area contributed by atoms with Crippen LogP contribution >= 0.6 is 0 Å². The van der Waals surface area contributed by atoms with Crippen LogP contribution in [0.3, 0.4) is 0 Å². The highest BCUT2D eigenvalue weighted by Crippen LogP contribution is 2.40. The van der Waals surface area contributed by atoms with Gasteiger partial charge in [-0.1, -0.05) is 48.6 Å². The predicted octanol–water partition coefficient (Wildman–Crippen LogP) is 8.63. The highest BCUT2D eigenvalue weighted by molar-refractivity contribution is 5.31. The summed E-state index contributed by atoms with van der Waals surface area (Å²) in [6.07, 6.45) is 9.72. The van der Waals surface area contributed by atoms with E-state index in [4.69, 9.17) is 0 Å². The molecule has 1 aliphatic rings. The van der Waals surface area contributed by atoms with Crippen molar-refractivity contribution < 1.29 is 22.3 Å². The quantitative estimate of drug-likeness (QED) is 0.247. The van der Waals surface area contributed by atoms with E-state index in [0.717, 1.165) is 61.8 Å². The van der Waals surface area contributed by atoms with Crippen molar-refractivity contribution in [2.45, 2.75) is 70.8 Å². The molecule has 3 rings (SSSR count). The molecule has 1 nitrogen and oxygen atoms in total. The molecule has 0 saturated heterocycles. The van der Waals surface area contributed by atoms with Gasteiger partial charge >= 0.3 is 6.11 Å². The summed E-state index contributed by atoms with van der Waals surface area (Å²) < 4.78 is 63.2. The molecule has 34 heavy (non-hydrogen) atoms. The summed E-state index contributed by atoms with van der Waals surface area (Å²) in [4.78, 5) is 0. The van der Waals surface area contributed by atoms with Crippen LogP contribution in [-0.2, 0) is 23.7 Å². The van der Waals surface area contributed by atoms with Gasteiger partial charge in [0.15, 0.2) is 0 Å². The van der Waals surface area contributed by atoms with E-state index in [9.17, 15) is 17.6 Å². The normalized spacial score (nSPS) is 19.4. The third kappa shape index (κ3) is 7.05. The van der Waals surface area contributed by atoms with E-state index < -0.39 is 23.3 Å². The Morgan fingerprint density at radius 2 is 1.47 bits per heavy atom. The monoisotopic (exact) mass is 474 g/mol. The fourth-order valence-corrected chi connectivity index (χ4v) is 4.68. The molecule has 0 heterocycles. The van der Waals surface area contributed by atoms with Gasteiger partial charge in [0.1, 0.15) is 17.2 Å². The molecule has 0 aromatic heterocycles. The van der Waals surface area contributed by atoms with E-state index in [1.807, 2.05) is 50.3 Å². The van der Waals surface area contributed by atoms with Crippen molar-refractivity contribution >= 4 is 0 Å². The Kier molecular flexibility index (Phi) is 9.52. The summed E-state index contributed by atoms with van der Waals surface area (Å²) in [6, 6.07) is 9.77. The van der Waals surface area contributed by atoms with Gasteiger partial charge in [-0.25, -0.2) is 8.78 Å². The lowest BCUT2D eigenvalue weighted by molar-refractivity contribution is -0.251. The number of hydrogen-bond acceptors (Lipinski definition) is 1. The fourth-order valence-electron chi connectivity index (χ4n) is 4.68. The molecule has 0 bridgehead atoms. The molecule has 184 valence electrons. The third-order valence-electron chi connectivity index (χ3n) is 6.60. The number of ether oxygens (including phenoxy) is 1. The highest BCUT2D eigenvalue weighted by atomic mass is 19.3. The first-order valence-corrected chi connectivity index (χ1v) is 12.2. The molecule has 5 heteroatoms. The molecule has 0 unspecified atom stereocenters. The maximum Gasteiger partial charge on any atom is 0.389 e. The SMILES string of the molecule is C/C=C/CCc1ccc(CCOC(F)(F)c2c(F)cc([C@H]3CC[C@H](/C=C/C)CC3)cc2F)cc1. The molecule has 0 atom stereocenters. The van der Waals surface area contributed by atoms with Crippen LogP contribution in [-0.4, -0.2) is 6.61 Å². The topological polar surface area (TPSA) is 9.23 Å². The molecule has 0 spiro atoms. The van der Waals surface area contributed by atoms with Gasteiger partial charge in [-0.15, -0.1) is 0 Å². The maximum absolute atomic E-state index is 14.7. The summed E-state index contributed by atoms with van der Waals surface area (Å²) in [6.45, 7) is 3.60. The van der Waals surface area contributed by atoms with Crippen molar-refractivity contribution in [1.82, 2.24) is 0 Å². The summed E-state index contributed by atoms with van der Waals surface area (Å²) in [7, 11) is 0. The second-order valence-electron chi connectivity index (χ2n) is 9.04. The number of allylic oxidation sites excluding steroid dienone is 4. The molecule has 1 fully saturated rings. The minimum Gasteiger partial charge on any atom is -0.316 e. The van der Waals surface area contributed by atoms with Crippen LogP contribution in [0.4, 0.5) is 17.6 Å². The van der Waals surface area contributed by atoms with Crippen molar-refractivity contribution in [1.29, 1.82) is 0 Å². The number of alkyl halides is 2. The number of rotatable bonds is 10. The Morgan fingerprint density at radius 1 is 0.882 bits per heavy atom. The zero-order valence-electron chi connectivity index (χ0n) is 20.0. The largest absolute Gasteiger partial charge is 0.389 e. The number of halogens is 4. The first-order chi connectivity index (χ1) is 16.3. The van der Waals surface area contributed by atoms with Gasteiger partial charge < -0.3 is 4.74 Å². The van der Waals surface area contributed by atoms with E-state index in [1.54, 1.807) is 0 Å². The van der Waals surface area contributed by atoms with Crippen molar-refractivity contribution in [3.63, 3.8) is 0 Å². The Bertz CT molecular complexity index is 947. The molecule has 1 aliphatic carbocycles. The highest BCUT2D eigenvalue weighted by Gasteiger charge is 2.40. The van der Waals surface area contributed by atoms with Crippen LogP contribution in [0.25, 0.3) is 0 Å². The summed E-state index contributed by atoms with van der Waals surface area (Å²) in [5.41, 5.74) is 1.13. The molecular weight excluding hydrogens is 440 g/mol. The standard InChI is InChI=1S/C29H34F4O/c1-3-5-6-8-22-9-11-23(12-10-22)17-18-34-29(32,33)28-26(30)19-25(20-27(28)31)24-15-13-21(7-4-2)14-16-24/h3-5,7,9-12,19-21,24H,6,8,13-18H2,1-2H3/b5-3+,7-4+/t21-,24-. The van der Waals surface area contributed by atoms with E-state index in [0.29, 0.717) is 11.5 Å².